The van der Waals surface area contributed by atoms with Gasteiger partial charge in [0, 0.05) is 24.5 Å². The van der Waals surface area contributed by atoms with Gasteiger partial charge in [-0.2, -0.15) is 0 Å². The van der Waals surface area contributed by atoms with Crippen LogP contribution < -0.4 is 5.32 Å². The van der Waals surface area contributed by atoms with E-state index in [0.717, 1.165) is 31.6 Å². The van der Waals surface area contributed by atoms with Gasteiger partial charge < -0.3 is 5.32 Å². The summed E-state index contributed by atoms with van der Waals surface area (Å²) in [4.78, 5) is 7.29. The van der Waals surface area contributed by atoms with Crippen LogP contribution in [0.3, 0.4) is 0 Å². The summed E-state index contributed by atoms with van der Waals surface area (Å²) in [5.74, 6) is 1.58. The molecule has 4 heteroatoms. The molecule has 120 valence electrons. The zero-order valence-electron chi connectivity index (χ0n) is 14.1. The number of thiazole rings is 1. The van der Waals surface area contributed by atoms with Gasteiger partial charge in [0.15, 0.2) is 0 Å². The Morgan fingerprint density at radius 1 is 1.43 bits per heavy atom. The molecule has 1 heterocycles. The van der Waals surface area contributed by atoms with Crippen molar-refractivity contribution in [1.29, 1.82) is 0 Å². The lowest BCUT2D eigenvalue weighted by Gasteiger charge is -2.33. The molecular formula is C17H31N3S. The van der Waals surface area contributed by atoms with Gasteiger partial charge in [0.1, 0.15) is 5.01 Å². The van der Waals surface area contributed by atoms with Crippen LogP contribution in [0.4, 0.5) is 0 Å². The second-order valence-corrected chi connectivity index (χ2v) is 8.04. The number of nitrogens with one attached hydrogen (secondary N) is 1. The van der Waals surface area contributed by atoms with Crippen LogP contribution in [0.5, 0.6) is 0 Å². The van der Waals surface area contributed by atoms with Gasteiger partial charge in [-0.15, -0.1) is 11.3 Å². The monoisotopic (exact) mass is 309 g/mol. The fourth-order valence-corrected chi connectivity index (χ4v) is 3.91. The van der Waals surface area contributed by atoms with E-state index in [2.05, 4.69) is 43.4 Å². The van der Waals surface area contributed by atoms with E-state index in [0.29, 0.717) is 5.92 Å². The zero-order chi connectivity index (χ0) is 15.2. The van der Waals surface area contributed by atoms with Crippen LogP contribution in [-0.4, -0.2) is 29.5 Å². The molecule has 2 rings (SSSR count). The number of nitrogens with zero attached hydrogens (tertiary/aromatic N) is 2. The molecule has 1 aromatic rings. The molecule has 1 aliphatic carbocycles. The van der Waals surface area contributed by atoms with Crippen molar-refractivity contribution in [2.24, 2.45) is 11.8 Å². The lowest BCUT2D eigenvalue weighted by atomic mass is 9.86. The van der Waals surface area contributed by atoms with Gasteiger partial charge in [-0.05, 0) is 38.3 Å². The van der Waals surface area contributed by atoms with Crippen molar-refractivity contribution in [3.05, 3.63) is 16.1 Å². The molecule has 1 N–H and O–H groups in total. The summed E-state index contributed by atoms with van der Waals surface area (Å²) >= 11 is 1.79. The third-order valence-electron chi connectivity index (χ3n) is 4.37. The molecule has 21 heavy (non-hydrogen) atoms. The van der Waals surface area contributed by atoms with Gasteiger partial charge >= 0.3 is 0 Å². The highest BCUT2D eigenvalue weighted by Crippen LogP contribution is 2.27. The van der Waals surface area contributed by atoms with Crippen molar-refractivity contribution in [2.45, 2.75) is 65.6 Å². The molecule has 1 fully saturated rings. The summed E-state index contributed by atoms with van der Waals surface area (Å²) in [6, 6.07) is 0.748. The standard InChI is InChI=1S/C17H31N3S/c1-13(2)9-18-10-17-19-15(12-21-17)11-20(4)16-7-5-6-14(3)8-16/h12-14,16,18H,5-11H2,1-4H3. The van der Waals surface area contributed by atoms with Crippen molar-refractivity contribution < 1.29 is 0 Å². The third-order valence-corrected chi connectivity index (χ3v) is 5.27. The molecule has 1 saturated carbocycles. The maximum absolute atomic E-state index is 4.78. The van der Waals surface area contributed by atoms with Crippen LogP contribution in [0.2, 0.25) is 0 Å². The fraction of sp³-hybridized carbons (Fsp3) is 0.824. The summed E-state index contributed by atoms with van der Waals surface area (Å²) in [5.41, 5.74) is 1.24. The first-order valence-electron chi connectivity index (χ1n) is 8.38. The molecule has 2 atom stereocenters. The minimum atomic E-state index is 0.698. The van der Waals surface area contributed by atoms with Gasteiger partial charge in [0.2, 0.25) is 0 Å². The molecule has 0 saturated heterocycles. The molecular weight excluding hydrogens is 278 g/mol. The van der Waals surface area contributed by atoms with E-state index in [1.807, 2.05) is 0 Å². The first kappa shape index (κ1) is 16.9. The smallest absolute Gasteiger partial charge is 0.107 e. The van der Waals surface area contributed by atoms with Crippen molar-refractivity contribution >= 4 is 11.3 Å². The molecule has 0 aromatic carbocycles. The summed E-state index contributed by atoms with van der Waals surface area (Å²) in [7, 11) is 2.26. The summed E-state index contributed by atoms with van der Waals surface area (Å²) in [6.45, 7) is 9.84. The lowest BCUT2D eigenvalue weighted by molar-refractivity contribution is 0.156. The van der Waals surface area contributed by atoms with Gasteiger partial charge in [0.25, 0.3) is 0 Å². The minimum Gasteiger partial charge on any atom is -0.310 e. The van der Waals surface area contributed by atoms with E-state index in [1.54, 1.807) is 11.3 Å². The number of hydrogen-bond acceptors (Lipinski definition) is 4. The van der Waals surface area contributed by atoms with E-state index in [4.69, 9.17) is 4.98 Å². The first-order valence-corrected chi connectivity index (χ1v) is 9.26. The Hall–Kier alpha value is -0.450. The largest absolute Gasteiger partial charge is 0.310 e. The highest BCUT2D eigenvalue weighted by atomic mass is 32.1. The van der Waals surface area contributed by atoms with E-state index in [9.17, 15) is 0 Å². The molecule has 0 bridgehead atoms. The summed E-state index contributed by atoms with van der Waals surface area (Å²) < 4.78 is 0. The van der Waals surface area contributed by atoms with E-state index in [-0.39, 0.29) is 0 Å². The maximum atomic E-state index is 4.78. The van der Waals surface area contributed by atoms with Gasteiger partial charge in [-0.1, -0.05) is 33.6 Å². The predicted octanol–water partition coefficient (Wildman–Crippen LogP) is 3.90. The Morgan fingerprint density at radius 3 is 2.95 bits per heavy atom. The highest BCUT2D eigenvalue weighted by molar-refractivity contribution is 7.09. The average Bonchev–Trinajstić information content (AvgIpc) is 2.86. The average molecular weight is 310 g/mol. The van der Waals surface area contributed by atoms with E-state index in [1.165, 1.54) is 36.4 Å². The summed E-state index contributed by atoms with van der Waals surface area (Å²) in [6.07, 6.45) is 5.50. The topological polar surface area (TPSA) is 28.2 Å². The minimum absolute atomic E-state index is 0.698. The van der Waals surface area contributed by atoms with Crippen molar-refractivity contribution in [3.8, 4) is 0 Å². The molecule has 3 nitrogen and oxygen atoms in total. The predicted molar refractivity (Wildman–Crippen MR) is 91.5 cm³/mol. The quantitative estimate of drug-likeness (QED) is 0.828. The van der Waals surface area contributed by atoms with Crippen LogP contribution in [0, 0.1) is 11.8 Å². The highest BCUT2D eigenvalue weighted by Gasteiger charge is 2.22. The van der Waals surface area contributed by atoms with Gasteiger partial charge in [0.05, 0.1) is 5.69 Å². The number of hydrogen-bond donors (Lipinski definition) is 1. The van der Waals surface area contributed by atoms with Crippen LogP contribution in [-0.2, 0) is 13.1 Å². The van der Waals surface area contributed by atoms with Crippen molar-refractivity contribution in [2.75, 3.05) is 13.6 Å². The Labute approximate surface area is 134 Å². The third kappa shape index (κ3) is 5.68. The van der Waals surface area contributed by atoms with Crippen LogP contribution >= 0.6 is 11.3 Å². The van der Waals surface area contributed by atoms with Crippen LogP contribution in [0.25, 0.3) is 0 Å². The molecule has 0 aliphatic heterocycles. The first-order chi connectivity index (χ1) is 10.0. The van der Waals surface area contributed by atoms with Gasteiger partial charge in [-0.3, -0.25) is 4.90 Å². The van der Waals surface area contributed by atoms with Crippen molar-refractivity contribution in [3.63, 3.8) is 0 Å². The summed E-state index contributed by atoms with van der Waals surface area (Å²) in [5, 5.41) is 6.92. The van der Waals surface area contributed by atoms with E-state index >= 15 is 0 Å². The normalized spacial score (nSPS) is 23.1. The Balaban J connectivity index is 1.78. The molecule has 0 spiro atoms. The van der Waals surface area contributed by atoms with Crippen LogP contribution in [0.15, 0.2) is 5.38 Å². The van der Waals surface area contributed by atoms with Crippen molar-refractivity contribution in [1.82, 2.24) is 15.2 Å². The van der Waals surface area contributed by atoms with E-state index < -0.39 is 0 Å². The van der Waals surface area contributed by atoms with Crippen LogP contribution in [0.1, 0.15) is 57.2 Å². The maximum Gasteiger partial charge on any atom is 0.107 e. The Morgan fingerprint density at radius 2 is 2.24 bits per heavy atom. The fourth-order valence-electron chi connectivity index (χ4n) is 3.16. The molecule has 0 amide bonds. The second kappa shape index (κ2) is 8.25. The Kier molecular flexibility index (Phi) is 6.65. The Bertz CT molecular complexity index is 416. The SMILES string of the molecule is CC(C)CNCc1nc(CN(C)C2CCCC(C)C2)cs1. The number of rotatable bonds is 7. The zero-order valence-corrected chi connectivity index (χ0v) is 14.9. The number of aromatic nitrogens is 1. The molecule has 1 aromatic heterocycles. The second-order valence-electron chi connectivity index (χ2n) is 7.10. The van der Waals surface area contributed by atoms with Gasteiger partial charge in [-0.25, -0.2) is 4.98 Å². The lowest BCUT2D eigenvalue weighted by Crippen LogP contribution is -2.35. The molecule has 0 radical (unpaired) electrons. The molecule has 2 unspecified atom stereocenters. The molecule has 1 aliphatic rings.